The Balaban J connectivity index is -0.000000112. The smallest absolute Gasteiger partial charge is 1.00 e. The van der Waals surface area contributed by atoms with E-state index in [1.54, 1.807) is 0 Å². The van der Waals surface area contributed by atoms with Crippen LogP contribution in [0.2, 0.25) is 0 Å². The Labute approximate surface area is 266 Å². The van der Waals surface area contributed by atoms with Crippen LogP contribution in [0.1, 0.15) is 38.8 Å². The van der Waals surface area contributed by atoms with Crippen molar-refractivity contribution in [1.82, 2.24) is 0 Å². The maximum atomic E-state index is 11.7. The van der Waals surface area contributed by atoms with Crippen molar-refractivity contribution in [2.24, 2.45) is 0 Å². The molecule has 0 amide bonds. The van der Waals surface area contributed by atoms with E-state index in [1.807, 2.05) is 0 Å². The molecule has 0 aliphatic rings. The molecular formula is C14H22Na4O12. The molecule has 0 saturated carbocycles. The molecule has 0 spiro atoms. The van der Waals surface area contributed by atoms with Gasteiger partial charge in [0.2, 0.25) is 5.60 Å². The van der Waals surface area contributed by atoms with Crippen molar-refractivity contribution in [2.75, 3.05) is 6.61 Å². The number of carboxylic acid groups (broad SMARTS) is 3. The molecule has 0 aromatic heterocycles. The fourth-order valence-corrected chi connectivity index (χ4v) is 1.59. The van der Waals surface area contributed by atoms with Crippen molar-refractivity contribution >= 4 is 35.8 Å². The summed E-state index contributed by atoms with van der Waals surface area (Å²) in [6.07, 6.45) is -4.29. The van der Waals surface area contributed by atoms with E-state index in [2.05, 4.69) is 14.2 Å². The number of aliphatic carboxylic acids is 3. The molecule has 0 aliphatic heterocycles. The maximum Gasteiger partial charge on any atom is 1.00 e. The first-order valence-corrected chi connectivity index (χ1v) is 7.18. The van der Waals surface area contributed by atoms with Crippen molar-refractivity contribution in [2.45, 2.75) is 44.8 Å². The van der Waals surface area contributed by atoms with Gasteiger partial charge in [0.05, 0.1) is 12.8 Å². The van der Waals surface area contributed by atoms with Crippen LogP contribution < -0.4 is 118 Å². The van der Waals surface area contributed by atoms with E-state index >= 15 is 0 Å². The predicted octanol–water partition coefficient (Wildman–Crippen LogP) is -12.3. The molecule has 0 fully saturated rings. The number of esters is 3. The Bertz CT molecular complexity index is 629. The summed E-state index contributed by atoms with van der Waals surface area (Å²) in [6, 6.07) is 0. The molecule has 0 saturated heterocycles. The summed E-state index contributed by atoms with van der Waals surface area (Å²) in [4.78, 5) is 67.5. The number of rotatable bonds is 11. The number of hydrogen-bond donors (Lipinski definition) is 3. The van der Waals surface area contributed by atoms with Crippen molar-refractivity contribution in [3.05, 3.63) is 0 Å². The molecule has 12 nitrogen and oxygen atoms in total. The van der Waals surface area contributed by atoms with Gasteiger partial charge in [-0.25, -0.2) is 14.4 Å². The van der Waals surface area contributed by atoms with Gasteiger partial charge in [-0.3, -0.25) is 14.4 Å². The minimum absolute atomic E-state index is 0. The monoisotopic (exact) mass is 474 g/mol. The summed E-state index contributed by atoms with van der Waals surface area (Å²) < 4.78 is 13.4. The summed E-state index contributed by atoms with van der Waals surface area (Å²) in [5, 5.41) is 26.8. The molecule has 3 N–H and O–H groups in total. The predicted molar refractivity (Wildman–Crippen MR) is 82.2 cm³/mol. The van der Waals surface area contributed by atoms with Gasteiger partial charge in [-0.1, -0.05) is 6.92 Å². The topological polar surface area (TPSA) is 191 Å². The normalized spacial score (nSPS) is 11.8. The first-order valence-electron chi connectivity index (χ1n) is 7.18. The average molecular weight is 474 g/mol. The second-order valence-corrected chi connectivity index (χ2v) is 5.01. The molecule has 0 rings (SSSR count). The third kappa shape index (κ3) is 16.5. The Morgan fingerprint density at radius 1 is 0.867 bits per heavy atom. The van der Waals surface area contributed by atoms with E-state index < -0.39 is 67.0 Å². The second-order valence-electron chi connectivity index (χ2n) is 5.01. The Kier molecular flexibility index (Phi) is 28.0. The summed E-state index contributed by atoms with van der Waals surface area (Å²) in [6.45, 7) is 1.41. The molecule has 154 valence electrons. The van der Waals surface area contributed by atoms with Crippen LogP contribution in [0.25, 0.3) is 0 Å². The first-order chi connectivity index (χ1) is 11.9. The van der Waals surface area contributed by atoms with Crippen molar-refractivity contribution in [1.29, 1.82) is 0 Å². The van der Waals surface area contributed by atoms with Crippen LogP contribution in [0.3, 0.4) is 0 Å². The van der Waals surface area contributed by atoms with Gasteiger partial charge in [0.15, 0.2) is 12.7 Å². The molecule has 0 radical (unpaired) electrons. The van der Waals surface area contributed by atoms with Crippen LogP contribution in [-0.4, -0.2) is 69.4 Å². The van der Waals surface area contributed by atoms with Gasteiger partial charge in [0.1, 0.15) is 0 Å². The number of carbonyl (C=O) groups is 6. The third-order valence-electron chi connectivity index (χ3n) is 2.86. The van der Waals surface area contributed by atoms with Gasteiger partial charge in [0, 0.05) is 6.42 Å². The van der Waals surface area contributed by atoms with Gasteiger partial charge < -0.3 is 35.2 Å². The summed E-state index contributed by atoms with van der Waals surface area (Å²) in [5.41, 5.74) is -2.86. The van der Waals surface area contributed by atoms with Crippen molar-refractivity contribution in [3.8, 4) is 0 Å². The van der Waals surface area contributed by atoms with Gasteiger partial charge in [-0.05, 0) is 6.92 Å². The van der Waals surface area contributed by atoms with Crippen LogP contribution in [-0.2, 0) is 43.0 Å². The van der Waals surface area contributed by atoms with Crippen LogP contribution in [0.5, 0.6) is 0 Å². The van der Waals surface area contributed by atoms with Crippen LogP contribution >= 0.6 is 0 Å². The number of carboxylic acids is 3. The molecule has 0 heterocycles. The van der Waals surface area contributed by atoms with Crippen molar-refractivity contribution < 1.29 is 182 Å². The largest absolute Gasteiger partial charge is 1.00 e. The van der Waals surface area contributed by atoms with E-state index in [9.17, 15) is 33.9 Å². The summed E-state index contributed by atoms with van der Waals surface area (Å²) >= 11 is 0. The van der Waals surface area contributed by atoms with E-state index in [1.165, 1.54) is 6.92 Å². The first kappa shape index (κ1) is 41.1. The van der Waals surface area contributed by atoms with E-state index in [0.29, 0.717) is 0 Å². The molecule has 0 bridgehead atoms. The Morgan fingerprint density at radius 2 is 1.37 bits per heavy atom. The summed E-state index contributed by atoms with van der Waals surface area (Å²) in [5.74, 6) is -8.84. The fraction of sp³-hybridized carbons (Fsp3) is 0.571. The third-order valence-corrected chi connectivity index (χ3v) is 2.86. The van der Waals surface area contributed by atoms with Gasteiger partial charge in [-0.15, -0.1) is 0 Å². The molecule has 30 heavy (non-hydrogen) atoms. The molecule has 2 atom stereocenters. The molecule has 0 aromatic carbocycles. The molecule has 0 aromatic rings. The number of ether oxygens (including phenoxy) is 3. The van der Waals surface area contributed by atoms with Crippen molar-refractivity contribution in [3.63, 3.8) is 0 Å². The van der Waals surface area contributed by atoms with E-state index in [-0.39, 0.29) is 130 Å². The van der Waals surface area contributed by atoms with E-state index in [4.69, 9.17) is 10.2 Å². The summed E-state index contributed by atoms with van der Waals surface area (Å²) in [7, 11) is 0. The maximum absolute atomic E-state index is 11.7. The van der Waals surface area contributed by atoms with Gasteiger partial charge in [-0.2, -0.15) is 0 Å². The van der Waals surface area contributed by atoms with E-state index in [0.717, 1.165) is 6.92 Å². The van der Waals surface area contributed by atoms with Crippen LogP contribution in [0, 0.1) is 0 Å². The van der Waals surface area contributed by atoms with Gasteiger partial charge >= 0.3 is 154 Å². The standard InChI is InChI=1S/C14H18O12.4Na.4H/c1-3-9(17)24-6-11(19)26-14(13(22)23,4-8(15)16)5-10(18)25-7(2)12(20)21;;;;;;;;/h7H,3-6H2,1-2H3,(H,15,16)(H,20,21)(H,22,23);;;;;;;;/q;4*+1;4*-1. The number of carbonyl (C=O) groups excluding carboxylic acids is 3. The molecule has 16 heteroatoms. The zero-order valence-corrected chi connectivity index (χ0v) is 25.9. The second kappa shape index (κ2) is 20.4. The quantitative estimate of drug-likeness (QED) is 0.146. The Morgan fingerprint density at radius 3 is 1.73 bits per heavy atom. The zero-order chi connectivity index (χ0) is 20.5. The molecule has 0 aliphatic carbocycles. The SMILES string of the molecule is CCC(=O)OCC(=O)OC(CC(=O)O)(CC(=O)OC(C)C(=O)O)C(=O)O.[H-].[H-].[H-].[H-].[Na+].[Na+].[Na+].[Na+]. The molecule has 2 unspecified atom stereocenters. The van der Waals surface area contributed by atoms with Crippen LogP contribution in [0.4, 0.5) is 0 Å². The zero-order valence-electron chi connectivity index (χ0n) is 21.9. The minimum atomic E-state index is -2.86. The van der Waals surface area contributed by atoms with Gasteiger partial charge in [0.25, 0.3) is 0 Å². The molecular weight excluding hydrogens is 452 g/mol. The fourth-order valence-electron chi connectivity index (χ4n) is 1.59. The average Bonchev–Trinajstić information content (AvgIpc) is 2.51. The van der Waals surface area contributed by atoms with Crippen LogP contribution in [0.15, 0.2) is 0 Å². The Hall–Kier alpha value is 0.820. The number of hydrogen-bond acceptors (Lipinski definition) is 9. The minimum Gasteiger partial charge on any atom is -1.00 e.